The minimum atomic E-state index is 0. The molecule has 86 valence electrons. The van der Waals surface area contributed by atoms with Crippen LogP contribution in [0.25, 0.3) is 0 Å². The van der Waals surface area contributed by atoms with E-state index in [-0.39, 0.29) is 18.3 Å². The minimum Gasteiger partial charge on any atom is -1.00 e. The van der Waals surface area contributed by atoms with E-state index in [1.54, 1.807) is 0 Å². The number of hydrogen-bond donors (Lipinski definition) is 1. The fourth-order valence-electron chi connectivity index (χ4n) is 1.02. The van der Waals surface area contributed by atoms with E-state index in [1.807, 2.05) is 6.92 Å². The van der Waals surface area contributed by atoms with E-state index in [2.05, 4.69) is 26.3 Å². The summed E-state index contributed by atoms with van der Waals surface area (Å²) in [5.41, 5.74) is 0. The van der Waals surface area contributed by atoms with Crippen LogP contribution in [0.2, 0.25) is 0 Å². The van der Waals surface area contributed by atoms with E-state index in [4.69, 9.17) is 0 Å². The van der Waals surface area contributed by atoms with Gasteiger partial charge < -0.3 is 22.2 Å². The van der Waals surface area contributed by atoms with Gasteiger partial charge in [0.05, 0.1) is 27.2 Å². The highest BCUT2D eigenvalue weighted by atomic mass is 35.5. The number of hydrogen-bond acceptors (Lipinski definition) is 1. The summed E-state index contributed by atoms with van der Waals surface area (Å²) >= 11 is 0. The van der Waals surface area contributed by atoms with E-state index >= 15 is 0 Å². The molecule has 0 aliphatic rings. The molecule has 0 spiro atoms. The zero-order valence-electron chi connectivity index (χ0n) is 9.77. The first-order valence-corrected chi connectivity index (χ1v) is 5.10. The SMILES string of the molecule is CCC(=O)NCCC[N+](C)(C)CC.[Cl-]. The lowest BCUT2D eigenvalue weighted by Gasteiger charge is -2.28. The summed E-state index contributed by atoms with van der Waals surface area (Å²) in [6.45, 7) is 7.14. The molecule has 0 aliphatic heterocycles. The van der Waals surface area contributed by atoms with Gasteiger partial charge in [0.1, 0.15) is 0 Å². The van der Waals surface area contributed by atoms with Gasteiger partial charge in [0.2, 0.25) is 5.91 Å². The summed E-state index contributed by atoms with van der Waals surface area (Å²) in [7, 11) is 4.42. The van der Waals surface area contributed by atoms with Gasteiger partial charge in [-0.05, 0) is 6.92 Å². The number of nitrogens with one attached hydrogen (secondary N) is 1. The monoisotopic (exact) mass is 222 g/mol. The number of carbonyl (C=O) groups excluding carboxylic acids is 1. The van der Waals surface area contributed by atoms with Crippen molar-refractivity contribution >= 4 is 5.91 Å². The first-order valence-electron chi connectivity index (χ1n) is 5.10. The average Bonchev–Trinajstić information content (AvgIpc) is 2.12. The van der Waals surface area contributed by atoms with Crippen LogP contribution >= 0.6 is 0 Å². The predicted octanol–water partition coefficient (Wildman–Crippen LogP) is -2.00. The van der Waals surface area contributed by atoms with Crippen LogP contribution in [0.5, 0.6) is 0 Å². The third-order valence-corrected chi connectivity index (χ3v) is 2.44. The quantitative estimate of drug-likeness (QED) is 0.409. The van der Waals surface area contributed by atoms with Crippen molar-refractivity contribution in [2.24, 2.45) is 0 Å². The van der Waals surface area contributed by atoms with Gasteiger partial charge in [0.15, 0.2) is 0 Å². The third-order valence-electron chi connectivity index (χ3n) is 2.44. The van der Waals surface area contributed by atoms with E-state index in [1.165, 1.54) is 0 Å². The molecule has 0 saturated carbocycles. The normalized spacial score (nSPS) is 10.6. The van der Waals surface area contributed by atoms with Crippen molar-refractivity contribution in [1.29, 1.82) is 0 Å². The number of nitrogens with zero attached hydrogens (tertiary/aromatic N) is 1. The van der Waals surface area contributed by atoms with Gasteiger partial charge in [-0.2, -0.15) is 0 Å². The fourth-order valence-corrected chi connectivity index (χ4v) is 1.02. The highest BCUT2D eigenvalue weighted by molar-refractivity contribution is 5.75. The van der Waals surface area contributed by atoms with Crippen LogP contribution in [0.1, 0.15) is 26.7 Å². The Labute approximate surface area is 93.9 Å². The Morgan fingerprint density at radius 3 is 2.29 bits per heavy atom. The average molecular weight is 223 g/mol. The maximum atomic E-state index is 10.9. The first kappa shape index (κ1) is 16.2. The Morgan fingerprint density at radius 1 is 1.29 bits per heavy atom. The summed E-state index contributed by atoms with van der Waals surface area (Å²) in [5.74, 6) is 0.154. The molecule has 0 aromatic rings. The van der Waals surface area contributed by atoms with Crippen LogP contribution in [-0.2, 0) is 4.79 Å². The van der Waals surface area contributed by atoms with Gasteiger partial charge in [-0.1, -0.05) is 6.92 Å². The molecule has 0 radical (unpaired) electrons. The molecule has 0 atom stereocenters. The van der Waals surface area contributed by atoms with E-state index < -0.39 is 0 Å². The van der Waals surface area contributed by atoms with Crippen molar-refractivity contribution in [2.75, 3.05) is 33.7 Å². The summed E-state index contributed by atoms with van der Waals surface area (Å²) < 4.78 is 1.03. The Balaban J connectivity index is 0. The lowest BCUT2D eigenvalue weighted by atomic mass is 10.3. The largest absolute Gasteiger partial charge is 1.00 e. The first-order chi connectivity index (χ1) is 6.02. The molecule has 4 heteroatoms. The van der Waals surface area contributed by atoms with Gasteiger partial charge in [-0.3, -0.25) is 4.79 Å². The summed E-state index contributed by atoms with van der Waals surface area (Å²) in [6, 6.07) is 0. The van der Waals surface area contributed by atoms with Gasteiger partial charge in [0.25, 0.3) is 0 Å². The van der Waals surface area contributed by atoms with E-state index in [0.29, 0.717) is 6.42 Å². The molecule has 0 aromatic carbocycles. The summed E-state index contributed by atoms with van der Waals surface area (Å²) in [4.78, 5) is 10.9. The number of quaternary nitrogens is 1. The molecule has 0 saturated heterocycles. The topological polar surface area (TPSA) is 29.1 Å². The fraction of sp³-hybridized carbons (Fsp3) is 0.900. The zero-order chi connectivity index (χ0) is 10.3. The molecule has 1 amide bonds. The lowest BCUT2D eigenvalue weighted by Crippen LogP contribution is -3.00. The highest BCUT2D eigenvalue weighted by Crippen LogP contribution is 1.96. The van der Waals surface area contributed by atoms with Gasteiger partial charge in [-0.15, -0.1) is 0 Å². The lowest BCUT2D eigenvalue weighted by molar-refractivity contribution is -0.888. The molecule has 3 nitrogen and oxygen atoms in total. The number of halogens is 1. The Hall–Kier alpha value is -0.280. The van der Waals surface area contributed by atoms with Crippen LogP contribution < -0.4 is 17.7 Å². The Bertz CT molecular complexity index is 160. The molecule has 0 unspecified atom stereocenters. The molecular weight excluding hydrogens is 200 g/mol. The second-order valence-corrected chi connectivity index (χ2v) is 4.03. The highest BCUT2D eigenvalue weighted by Gasteiger charge is 2.10. The standard InChI is InChI=1S/C10H22N2O.ClH/c1-5-10(13)11-8-7-9-12(3,4)6-2;/h5-9H2,1-4H3;1H. The third kappa shape index (κ3) is 8.32. The van der Waals surface area contributed by atoms with Crippen LogP contribution in [0.3, 0.4) is 0 Å². The maximum Gasteiger partial charge on any atom is 0.219 e. The molecular formula is C10H23ClN2O. The van der Waals surface area contributed by atoms with E-state index in [0.717, 1.165) is 30.5 Å². The second kappa shape index (κ2) is 8.06. The molecule has 14 heavy (non-hydrogen) atoms. The molecule has 0 aromatic heterocycles. The molecule has 0 aliphatic carbocycles. The molecule has 0 fully saturated rings. The van der Waals surface area contributed by atoms with Gasteiger partial charge in [-0.25, -0.2) is 0 Å². The summed E-state index contributed by atoms with van der Waals surface area (Å²) in [6.07, 6.45) is 1.65. The van der Waals surface area contributed by atoms with Crippen molar-refractivity contribution in [3.05, 3.63) is 0 Å². The van der Waals surface area contributed by atoms with Gasteiger partial charge in [0, 0.05) is 19.4 Å². The van der Waals surface area contributed by atoms with Crippen molar-refractivity contribution in [1.82, 2.24) is 5.32 Å². The number of rotatable bonds is 6. The maximum absolute atomic E-state index is 10.9. The van der Waals surface area contributed by atoms with E-state index in [9.17, 15) is 4.79 Å². The molecule has 0 rings (SSSR count). The summed E-state index contributed by atoms with van der Waals surface area (Å²) in [5, 5.41) is 2.88. The van der Waals surface area contributed by atoms with Crippen LogP contribution in [0, 0.1) is 0 Å². The number of carbonyl (C=O) groups is 1. The smallest absolute Gasteiger partial charge is 0.219 e. The molecule has 1 N–H and O–H groups in total. The van der Waals surface area contributed by atoms with Gasteiger partial charge >= 0.3 is 0 Å². The van der Waals surface area contributed by atoms with Crippen LogP contribution in [-0.4, -0.2) is 44.1 Å². The molecule has 0 bridgehead atoms. The predicted molar refractivity (Wildman–Crippen MR) is 55.4 cm³/mol. The number of amides is 1. The van der Waals surface area contributed by atoms with Crippen molar-refractivity contribution in [2.45, 2.75) is 26.7 Å². The second-order valence-electron chi connectivity index (χ2n) is 4.03. The Kier molecular flexibility index (Phi) is 9.31. The Morgan fingerprint density at radius 2 is 1.86 bits per heavy atom. The van der Waals surface area contributed by atoms with Crippen molar-refractivity contribution < 1.29 is 21.7 Å². The molecule has 0 heterocycles. The zero-order valence-corrected chi connectivity index (χ0v) is 10.5. The van der Waals surface area contributed by atoms with Crippen LogP contribution in [0.4, 0.5) is 0 Å². The van der Waals surface area contributed by atoms with Crippen LogP contribution in [0.15, 0.2) is 0 Å². The minimum absolute atomic E-state index is 0. The van der Waals surface area contributed by atoms with Crippen molar-refractivity contribution in [3.8, 4) is 0 Å². The van der Waals surface area contributed by atoms with Crippen molar-refractivity contribution in [3.63, 3.8) is 0 Å².